The van der Waals surface area contributed by atoms with Crippen molar-refractivity contribution in [2.24, 2.45) is 0 Å². The van der Waals surface area contributed by atoms with Crippen LogP contribution < -0.4 is 5.32 Å². The van der Waals surface area contributed by atoms with Gasteiger partial charge in [-0.25, -0.2) is 4.79 Å². The highest BCUT2D eigenvalue weighted by molar-refractivity contribution is 5.68. The molecule has 2 N–H and O–H groups in total. The Bertz CT molecular complexity index is 341. The van der Waals surface area contributed by atoms with E-state index >= 15 is 0 Å². The Kier molecular flexibility index (Phi) is 9.76. The zero-order valence-corrected chi connectivity index (χ0v) is 14.3. The number of aliphatic carboxylic acids is 1. The highest BCUT2D eigenvalue weighted by Crippen LogP contribution is 2.09. The molecule has 0 aliphatic heterocycles. The molecule has 0 spiro atoms. The number of carboxylic acid groups (broad SMARTS) is 1. The molecule has 0 aliphatic carbocycles. The first-order valence-corrected chi connectivity index (χ1v) is 7.57. The highest BCUT2D eigenvalue weighted by Gasteiger charge is 2.21. The molecular weight excluding hydrogens is 288 g/mol. The van der Waals surface area contributed by atoms with E-state index in [2.05, 4.69) is 5.32 Å². The minimum Gasteiger partial charge on any atom is -0.481 e. The van der Waals surface area contributed by atoms with Gasteiger partial charge in [0.05, 0.1) is 6.61 Å². The summed E-state index contributed by atoms with van der Waals surface area (Å²) in [6.45, 7) is 9.35. The first kappa shape index (κ1) is 20.7. The van der Waals surface area contributed by atoms with E-state index < -0.39 is 11.6 Å². The number of nitrogens with zero attached hydrogens (tertiary/aromatic N) is 1. The zero-order chi connectivity index (χ0) is 17.2. The van der Waals surface area contributed by atoms with Gasteiger partial charge in [-0.1, -0.05) is 0 Å². The van der Waals surface area contributed by atoms with Crippen LogP contribution in [0.1, 0.15) is 40.5 Å². The van der Waals surface area contributed by atoms with Gasteiger partial charge in [0.15, 0.2) is 0 Å². The molecular formula is C15H30N2O5. The van der Waals surface area contributed by atoms with Crippen molar-refractivity contribution < 1.29 is 24.2 Å². The lowest BCUT2D eigenvalue weighted by molar-refractivity contribution is -0.137. The summed E-state index contributed by atoms with van der Waals surface area (Å²) in [5.74, 6) is -0.802. The van der Waals surface area contributed by atoms with Gasteiger partial charge in [0.2, 0.25) is 0 Å². The van der Waals surface area contributed by atoms with E-state index in [0.717, 1.165) is 0 Å². The summed E-state index contributed by atoms with van der Waals surface area (Å²) in [7, 11) is 1.58. The van der Waals surface area contributed by atoms with E-state index in [-0.39, 0.29) is 18.6 Å². The van der Waals surface area contributed by atoms with Crippen LogP contribution in [-0.4, -0.2) is 67.1 Å². The van der Waals surface area contributed by atoms with E-state index in [1.165, 1.54) is 0 Å². The van der Waals surface area contributed by atoms with Crippen LogP contribution in [0.15, 0.2) is 0 Å². The molecule has 22 heavy (non-hydrogen) atoms. The minimum absolute atomic E-state index is 0.0824. The molecule has 0 aliphatic rings. The van der Waals surface area contributed by atoms with Crippen LogP contribution in [0.2, 0.25) is 0 Å². The number of carbonyl (C=O) groups is 2. The van der Waals surface area contributed by atoms with E-state index in [4.69, 9.17) is 14.6 Å². The number of amides is 1. The Hall–Kier alpha value is -1.34. The van der Waals surface area contributed by atoms with Crippen LogP contribution in [0.5, 0.6) is 0 Å². The molecule has 0 aromatic carbocycles. The molecule has 0 aromatic heterocycles. The third kappa shape index (κ3) is 11.3. The second-order valence-electron chi connectivity index (χ2n) is 6.25. The monoisotopic (exact) mass is 318 g/mol. The van der Waals surface area contributed by atoms with Crippen molar-refractivity contribution in [1.82, 2.24) is 10.2 Å². The second-order valence-corrected chi connectivity index (χ2v) is 6.25. The molecule has 0 aromatic rings. The van der Waals surface area contributed by atoms with Crippen molar-refractivity contribution >= 4 is 12.1 Å². The van der Waals surface area contributed by atoms with Crippen molar-refractivity contribution in [3.8, 4) is 0 Å². The molecule has 1 atom stereocenters. The summed E-state index contributed by atoms with van der Waals surface area (Å²) >= 11 is 0. The van der Waals surface area contributed by atoms with E-state index in [9.17, 15) is 9.59 Å². The van der Waals surface area contributed by atoms with Gasteiger partial charge < -0.3 is 24.8 Å². The van der Waals surface area contributed by atoms with Gasteiger partial charge in [0, 0.05) is 39.2 Å². The number of carboxylic acids is 1. The fraction of sp³-hybridized carbons (Fsp3) is 0.867. The first-order valence-electron chi connectivity index (χ1n) is 7.57. The summed E-state index contributed by atoms with van der Waals surface area (Å²) in [5.41, 5.74) is -0.537. The first-order chi connectivity index (χ1) is 10.2. The maximum absolute atomic E-state index is 12.1. The van der Waals surface area contributed by atoms with Crippen molar-refractivity contribution in [3.63, 3.8) is 0 Å². The predicted molar refractivity (Wildman–Crippen MR) is 84.0 cm³/mol. The van der Waals surface area contributed by atoms with E-state index in [0.29, 0.717) is 32.7 Å². The van der Waals surface area contributed by atoms with Crippen LogP contribution in [0, 0.1) is 0 Å². The molecule has 7 heteroatoms. The Morgan fingerprint density at radius 3 is 2.41 bits per heavy atom. The van der Waals surface area contributed by atoms with E-state index in [1.54, 1.807) is 12.0 Å². The molecule has 0 saturated heterocycles. The number of methoxy groups -OCH3 is 1. The number of carbonyl (C=O) groups excluding carboxylic acids is 1. The van der Waals surface area contributed by atoms with Crippen molar-refractivity contribution in [3.05, 3.63) is 0 Å². The third-order valence-corrected chi connectivity index (χ3v) is 2.88. The lowest BCUT2D eigenvalue weighted by Gasteiger charge is -2.27. The van der Waals surface area contributed by atoms with Crippen LogP contribution >= 0.6 is 0 Å². The van der Waals surface area contributed by atoms with Crippen LogP contribution in [0.3, 0.4) is 0 Å². The van der Waals surface area contributed by atoms with Crippen LogP contribution in [-0.2, 0) is 14.3 Å². The average molecular weight is 318 g/mol. The Morgan fingerprint density at radius 2 is 1.91 bits per heavy atom. The van der Waals surface area contributed by atoms with Gasteiger partial charge in [0.1, 0.15) is 5.60 Å². The summed E-state index contributed by atoms with van der Waals surface area (Å²) in [4.78, 5) is 24.2. The van der Waals surface area contributed by atoms with Crippen LogP contribution in [0.25, 0.3) is 0 Å². The highest BCUT2D eigenvalue weighted by atomic mass is 16.6. The fourth-order valence-electron chi connectivity index (χ4n) is 1.71. The Balaban J connectivity index is 4.24. The smallest absolute Gasteiger partial charge is 0.410 e. The van der Waals surface area contributed by atoms with Crippen molar-refractivity contribution in [2.45, 2.75) is 52.2 Å². The molecule has 0 rings (SSSR count). The molecule has 7 nitrogen and oxygen atoms in total. The van der Waals surface area contributed by atoms with Crippen LogP contribution in [0.4, 0.5) is 4.79 Å². The number of rotatable bonds is 10. The fourth-order valence-corrected chi connectivity index (χ4v) is 1.71. The second kappa shape index (κ2) is 10.4. The third-order valence-electron chi connectivity index (χ3n) is 2.88. The molecule has 1 amide bonds. The summed E-state index contributed by atoms with van der Waals surface area (Å²) in [6, 6.07) is 0.0824. The lowest BCUT2D eigenvalue weighted by atomic mass is 10.2. The topological polar surface area (TPSA) is 88.1 Å². The molecule has 130 valence electrons. The normalized spacial score (nSPS) is 12.8. The minimum atomic E-state index is -0.802. The summed E-state index contributed by atoms with van der Waals surface area (Å²) in [5, 5.41) is 11.9. The van der Waals surface area contributed by atoms with Gasteiger partial charge in [-0.05, 0) is 34.1 Å². The number of hydrogen-bond acceptors (Lipinski definition) is 5. The quantitative estimate of drug-likeness (QED) is 0.637. The Morgan fingerprint density at radius 1 is 1.27 bits per heavy atom. The van der Waals surface area contributed by atoms with Gasteiger partial charge in [-0.3, -0.25) is 4.79 Å². The SMILES string of the molecule is COCCN(CCNC(C)CCC(=O)O)C(=O)OC(C)(C)C. The molecule has 0 fully saturated rings. The standard InChI is InChI=1S/C15H30N2O5/c1-12(6-7-13(18)19)16-8-9-17(10-11-21-5)14(20)22-15(2,3)4/h12,16H,6-11H2,1-5H3,(H,18,19). The summed E-state index contributed by atoms with van der Waals surface area (Å²) < 4.78 is 10.4. The van der Waals surface area contributed by atoms with Crippen molar-refractivity contribution in [1.29, 1.82) is 0 Å². The average Bonchev–Trinajstić information content (AvgIpc) is 2.38. The van der Waals surface area contributed by atoms with Gasteiger partial charge in [-0.2, -0.15) is 0 Å². The number of ether oxygens (including phenoxy) is 2. The van der Waals surface area contributed by atoms with Gasteiger partial charge >= 0.3 is 12.1 Å². The molecule has 1 unspecified atom stereocenters. The van der Waals surface area contributed by atoms with Crippen molar-refractivity contribution in [2.75, 3.05) is 33.4 Å². The molecule has 0 radical (unpaired) electrons. The number of nitrogens with one attached hydrogen (secondary N) is 1. The molecule has 0 bridgehead atoms. The maximum atomic E-state index is 12.1. The molecule has 0 heterocycles. The van der Waals surface area contributed by atoms with E-state index in [1.807, 2.05) is 27.7 Å². The Labute approximate surface area is 133 Å². The maximum Gasteiger partial charge on any atom is 0.410 e. The van der Waals surface area contributed by atoms with Gasteiger partial charge in [0.25, 0.3) is 0 Å². The zero-order valence-electron chi connectivity index (χ0n) is 14.3. The molecule has 0 saturated carbocycles. The van der Waals surface area contributed by atoms with Gasteiger partial charge in [-0.15, -0.1) is 0 Å². The summed E-state index contributed by atoms with van der Waals surface area (Å²) in [6.07, 6.45) is 0.317. The number of hydrogen-bond donors (Lipinski definition) is 2. The lowest BCUT2D eigenvalue weighted by Crippen LogP contribution is -2.43. The predicted octanol–water partition coefficient (Wildman–Crippen LogP) is 1.71. The largest absolute Gasteiger partial charge is 0.481 e.